The number of aliphatic hydroxyl groups excluding tert-OH is 1. The van der Waals surface area contributed by atoms with E-state index in [1.165, 1.54) is 0 Å². The number of aryl methyl sites for hydroxylation is 1. The highest BCUT2D eigenvalue weighted by Crippen LogP contribution is 2.14. The van der Waals surface area contributed by atoms with E-state index in [4.69, 9.17) is 10.2 Å². The number of carboxylic acids is 1. The van der Waals surface area contributed by atoms with Crippen molar-refractivity contribution < 1.29 is 19.8 Å². The van der Waals surface area contributed by atoms with E-state index < -0.39 is 12.1 Å². The first-order valence-electron chi connectivity index (χ1n) is 5.50. The van der Waals surface area contributed by atoms with Gasteiger partial charge in [0.05, 0.1) is 0 Å². The van der Waals surface area contributed by atoms with E-state index in [9.17, 15) is 9.59 Å². The number of halogens is 1. The zero-order valence-electron chi connectivity index (χ0n) is 9.89. The first-order valence-corrected chi connectivity index (χ1v) is 6.29. The predicted molar refractivity (Wildman–Crippen MR) is 68.4 cm³/mol. The van der Waals surface area contributed by atoms with Crippen LogP contribution in [-0.4, -0.2) is 39.3 Å². The Hall–Kier alpha value is -1.34. The summed E-state index contributed by atoms with van der Waals surface area (Å²) < 4.78 is 2.58. The van der Waals surface area contributed by atoms with Gasteiger partial charge in [0.25, 0.3) is 5.91 Å². The fourth-order valence-electron chi connectivity index (χ4n) is 1.46. The number of carbonyl (C=O) groups is 2. The summed E-state index contributed by atoms with van der Waals surface area (Å²) in [6.45, 7) is 2.68. The van der Waals surface area contributed by atoms with Crippen LogP contribution in [0.15, 0.2) is 16.7 Å². The van der Waals surface area contributed by atoms with E-state index in [2.05, 4.69) is 21.2 Å². The van der Waals surface area contributed by atoms with Crippen LogP contribution in [0.25, 0.3) is 0 Å². The third kappa shape index (κ3) is 3.85. The van der Waals surface area contributed by atoms with Gasteiger partial charge in [-0.1, -0.05) is 0 Å². The molecule has 1 heterocycles. The molecule has 0 saturated heterocycles. The highest BCUT2D eigenvalue weighted by Gasteiger charge is 2.15. The summed E-state index contributed by atoms with van der Waals surface area (Å²) in [7, 11) is 0. The second kappa shape index (κ2) is 6.55. The summed E-state index contributed by atoms with van der Waals surface area (Å²) in [5, 5.41) is 20.1. The van der Waals surface area contributed by atoms with E-state index >= 15 is 0 Å². The van der Waals surface area contributed by atoms with Gasteiger partial charge in [-0.25, -0.2) is 4.79 Å². The summed E-state index contributed by atoms with van der Waals surface area (Å²) in [4.78, 5) is 22.2. The molecule has 3 N–H and O–H groups in total. The third-order valence-corrected chi connectivity index (χ3v) is 2.86. The van der Waals surface area contributed by atoms with Crippen LogP contribution in [0, 0.1) is 0 Å². The van der Waals surface area contributed by atoms with Crippen LogP contribution in [-0.2, 0) is 11.3 Å². The van der Waals surface area contributed by atoms with Crippen molar-refractivity contribution in [3.8, 4) is 0 Å². The average molecular weight is 319 g/mol. The minimum Gasteiger partial charge on any atom is -0.479 e. The molecule has 100 valence electrons. The van der Waals surface area contributed by atoms with E-state index in [0.717, 1.165) is 4.47 Å². The monoisotopic (exact) mass is 318 g/mol. The smallest absolute Gasteiger partial charge is 0.332 e. The maximum atomic E-state index is 11.8. The van der Waals surface area contributed by atoms with Crippen LogP contribution < -0.4 is 5.32 Å². The number of nitrogens with one attached hydrogen (secondary N) is 1. The Kier molecular flexibility index (Phi) is 5.36. The molecular weight excluding hydrogens is 304 g/mol. The molecule has 0 aliphatic heterocycles. The Balaban J connectivity index is 2.52. The maximum Gasteiger partial charge on any atom is 0.332 e. The quantitative estimate of drug-likeness (QED) is 0.724. The van der Waals surface area contributed by atoms with E-state index in [1.807, 2.05) is 6.92 Å². The van der Waals surface area contributed by atoms with Gasteiger partial charge in [0, 0.05) is 30.2 Å². The molecule has 1 rings (SSSR count). The van der Waals surface area contributed by atoms with Crippen molar-refractivity contribution in [3.05, 3.63) is 22.4 Å². The SMILES string of the molecule is CCn1cc(Br)cc1C(=O)NCC[C@H](O)C(=O)O. The van der Waals surface area contributed by atoms with Crippen LogP contribution in [0.3, 0.4) is 0 Å². The van der Waals surface area contributed by atoms with Crippen molar-refractivity contribution >= 4 is 27.8 Å². The Morgan fingerprint density at radius 1 is 1.56 bits per heavy atom. The van der Waals surface area contributed by atoms with Crippen molar-refractivity contribution in [1.82, 2.24) is 9.88 Å². The lowest BCUT2D eigenvalue weighted by molar-refractivity contribution is -0.146. The maximum absolute atomic E-state index is 11.8. The van der Waals surface area contributed by atoms with Crippen molar-refractivity contribution in [2.24, 2.45) is 0 Å². The molecule has 18 heavy (non-hydrogen) atoms. The van der Waals surface area contributed by atoms with Crippen LogP contribution >= 0.6 is 15.9 Å². The second-order valence-electron chi connectivity index (χ2n) is 3.73. The molecule has 1 aromatic heterocycles. The van der Waals surface area contributed by atoms with Crippen molar-refractivity contribution in [1.29, 1.82) is 0 Å². The van der Waals surface area contributed by atoms with Gasteiger partial charge in [0.1, 0.15) is 5.69 Å². The number of hydrogen-bond donors (Lipinski definition) is 3. The molecule has 0 aromatic carbocycles. The van der Waals surface area contributed by atoms with Crippen LogP contribution in [0.2, 0.25) is 0 Å². The second-order valence-corrected chi connectivity index (χ2v) is 4.64. The summed E-state index contributed by atoms with van der Waals surface area (Å²) >= 11 is 3.28. The Morgan fingerprint density at radius 2 is 2.22 bits per heavy atom. The average Bonchev–Trinajstić information content (AvgIpc) is 2.70. The summed E-state index contributed by atoms with van der Waals surface area (Å²) in [5.74, 6) is -1.58. The lowest BCUT2D eigenvalue weighted by atomic mass is 10.2. The molecule has 0 aliphatic carbocycles. The standard InChI is InChI=1S/C11H15BrN2O4/c1-2-14-6-7(12)5-8(14)10(16)13-4-3-9(15)11(17)18/h5-6,9,15H,2-4H2,1H3,(H,13,16)(H,17,18)/t9-/m0/s1. The molecule has 0 saturated carbocycles. The lowest BCUT2D eigenvalue weighted by Crippen LogP contribution is -2.31. The molecule has 0 unspecified atom stereocenters. The van der Waals surface area contributed by atoms with E-state index in [-0.39, 0.29) is 18.9 Å². The first-order chi connectivity index (χ1) is 8.45. The predicted octanol–water partition coefficient (Wildman–Crippen LogP) is 0.836. The molecule has 1 amide bonds. The molecule has 6 nitrogen and oxygen atoms in total. The lowest BCUT2D eigenvalue weighted by Gasteiger charge is -2.08. The number of nitrogens with zero attached hydrogens (tertiary/aromatic N) is 1. The summed E-state index contributed by atoms with van der Waals surface area (Å²) in [6, 6.07) is 1.69. The number of hydrogen-bond acceptors (Lipinski definition) is 3. The Morgan fingerprint density at radius 3 is 2.78 bits per heavy atom. The molecule has 1 atom stereocenters. The zero-order valence-corrected chi connectivity index (χ0v) is 11.5. The highest BCUT2D eigenvalue weighted by molar-refractivity contribution is 9.10. The van der Waals surface area contributed by atoms with Crippen LogP contribution in [0.4, 0.5) is 0 Å². The minimum absolute atomic E-state index is 0.0188. The zero-order chi connectivity index (χ0) is 13.7. The molecule has 1 aromatic rings. The normalized spacial score (nSPS) is 12.2. The summed E-state index contributed by atoms with van der Waals surface area (Å²) in [5.41, 5.74) is 0.495. The largest absolute Gasteiger partial charge is 0.479 e. The van der Waals surface area contributed by atoms with E-state index in [1.54, 1.807) is 16.8 Å². The third-order valence-electron chi connectivity index (χ3n) is 2.42. The molecule has 0 radical (unpaired) electrons. The molecule has 0 fully saturated rings. The van der Waals surface area contributed by atoms with Crippen molar-refractivity contribution in [2.45, 2.75) is 26.0 Å². The van der Waals surface area contributed by atoms with Gasteiger partial charge in [-0.2, -0.15) is 0 Å². The number of aromatic nitrogens is 1. The Labute approximate surface area is 113 Å². The summed E-state index contributed by atoms with van der Waals surface area (Å²) in [6.07, 6.45) is 0.325. The number of carboxylic acid groups (broad SMARTS) is 1. The van der Waals surface area contributed by atoms with E-state index in [0.29, 0.717) is 12.2 Å². The molecule has 0 spiro atoms. The first kappa shape index (κ1) is 14.7. The van der Waals surface area contributed by atoms with Gasteiger partial charge >= 0.3 is 5.97 Å². The van der Waals surface area contributed by atoms with Crippen molar-refractivity contribution in [2.75, 3.05) is 6.54 Å². The molecular formula is C11H15BrN2O4. The molecule has 7 heteroatoms. The minimum atomic E-state index is -1.45. The highest BCUT2D eigenvalue weighted by atomic mass is 79.9. The van der Waals surface area contributed by atoms with Gasteiger partial charge in [-0.05, 0) is 28.9 Å². The van der Waals surface area contributed by atoms with Gasteiger partial charge in [-0.15, -0.1) is 0 Å². The van der Waals surface area contributed by atoms with Gasteiger partial charge in [0.15, 0.2) is 6.10 Å². The van der Waals surface area contributed by atoms with Crippen LogP contribution in [0.1, 0.15) is 23.8 Å². The Bertz CT molecular complexity index is 444. The number of aliphatic carboxylic acids is 1. The number of carbonyl (C=O) groups excluding carboxylic acids is 1. The number of aliphatic hydroxyl groups is 1. The topological polar surface area (TPSA) is 91.6 Å². The van der Waals surface area contributed by atoms with Gasteiger partial charge in [-0.3, -0.25) is 4.79 Å². The van der Waals surface area contributed by atoms with Gasteiger partial charge in [0.2, 0.25) is 0 Å². The van der Waals surface area contributed by atoms with Crippen molar-refractivity contribution in [3.63, 3.8) is 0 Å². The molecule has 0 aliphatic rings. The fourth-order valence-corrected chi connectivity index (χ4v) is 1.93. The van der Waals surface area contributed by atoms with Gasteiger partial charge < -0.3 is 20.1 Å². The number of amides is 1. The van der Waals surface area contributed by atoms with Crippen LogP contribution in [0.5, 0.6) is 0 Å². The number of rotatable bonds is 6. The molecule has 0 bridgehead atoms. The fraction of sp³-hybridized carbons (Fsp3) is 0.455.